The number of nitrogens with zero attached hydrogens (tertiary/aromatic N) is 1. The molecule has 1 aromatic carbocycles. The van der Waals surface area contributed by atoms with Gasteiger partial charge in [-0.05, 0) is 18.6 Å². The Labute approximate surface area is 105 Å². The van der Waals surface area contributed by atoms with Crippen molar-refractivity contribution in [2.24, 2.45) is 0 Å². The lowest BCUT2D eigenvalue weighted by Gasteiger charge is -2.04. The van der Waals surface area contributed by atoms with Gasteiger partial charge in [0, 0.05) is 30.3 Å². The smallest absolute Gasteiger partial charge is 0.272 e. The van der Waals surface area contributed by atoms with Crippen LogP contribution in [0.3, 0.4) is 0 Å². The van der Waals surface area contributed by atoms with Crippen LogP contribution in [0.2, 0.25) is 0 Å². The number of rotatable bonds is 5. The molecule has 0 aliphatic heterocycles. The summed E-state index contributed by atoms with van der Waals surface area (Å²) in [5, 5.41) is 14.0. The summed E-state index contributed by atoms with van der Waals surface area (Å²) in [5.74, 6) is 0. The highest BCUT2D eigenvalue weighted by atomic mass is 16.6. The third-order valence-electron chi connectivity index (χ3n) is 2.71. The molecule has 18 heavy (non-hydrogen) atoms. The predicted molar refractivity (Wildman–Crippen MR) is 67.1 cm³/mol. The molecule has 0 radical (unpaired) electrons. The molecule has 5 heteroatoms. The summed E-state index contributed by atoms with van der Waals surface area (Å²) in [5.41, 5.74) is 2.80. The molecule has 0 amide bonds. The molecule has 94 valence electrons. The summed E-state index contributed by atoms with van der Waals surface area (Å²) >= 11 is 0. The van der Waals surface area contributed by atoms with Crippen LogP contribution in [0, 0.1) is 17.0 Å². The molecular weight excluding hydrogens is 232 g/mol. The molecule has 0 bridgehead atoms. The maximum atomic E-state index is 10.8. The number of nitro groups is 1. The van der Waals surface area contributed by atoms with Crippen LogP contribution in [0.5, 0.6) is 0 Å². The molecule has 0 spiro atoms. The summed E-state index contributed by atoms with van der Waals surface area (Å²) in [6.07, 6.45) is 3.29. The molecule has 0 unspecified atom stereocenters. The molecule has 1 N–H and O–H groups in total. The van der Waals surface area contributed by atoms with Gasteiger partial charge in [0.2, 0.25) is 0 Å². The summed E-state index contributed by atoms with van der Waals surface area (Å²) in [4.78, 5) is 10.5. The fraction of sp³-hybridized carbons (Fsp3) is 0.231. The van der Waals surface area contributed by atoms with Gasteiger partial charge in [0.25, 0.3) is 5.69 Å². The van der Waals surface area contributed by atoms with E-state index >= 15 is 0 Å². The zero-order valence-corrected chi connectivity index (χ0v) is 10.1. The molecule has 5 nitrogen and oxygen atoms in total. The van der Waals surface area contributed by atoms with Gasteiger partial charge in [-0.15, -0.1) is 0 Å². The first kappa shape index (κ1) is 12.3. The molecule has 1 heterocycles. The maximum Gasteiger partial charge on any atom is 0.272 e. The van der Waals surface area contributed by atoms with Gasteiger partial charge in [-0.25, -0.2) is 0 Å². The number of aryl methyl sites for hydroxylation is 1. The topological polar surface area (TPSA) is 68.3 Å². The van der Waals surface area contributed by atoms with Crippen LogP contribution >= 0.6 is 0 Å². The van der Waals surface area contributed by atoms with E-state index in [-0.39, 0.29) is 10.6 Å². The minimum atomic E-state index is -0.352. The molecule has 0 saturated heterocycles. The lowest BCUT2D eigenvalue weighted by molar-refractivity contribution is -0.385. The van der Waals surface area contributed by atoms with Crippen LogP contribution in [0.1, 0.15) is 16.7 Å². The van der Waals surface area contributed by atoms with E-state index in [0.29, 0.717) is 18.7 Å². The van der Waals surface area contributed by atoms with Crippen molar-refractivity contribution in [2.75, 3.05) is 0 Å². The lowest BCUT2D eigenvalue weighted by Crippen LogP contribution is -2.12. The molecule has 0 aliphatic rings. The zero-order valence-electron chi connectivity index (χ0n) is 10.1. The van der Waals surface area contributed by atoms with E-state index in [1.165, 1.54) is 0 Å². The molecule has 2 aromatic rings. The average molecular weight is 246 g/mol. The van der Waals surface area contributed by atoms with Crippen molar-refractivity contribution in [1.29, 1.82) is 0 Å². The zero-order chi connectivity index (χ0) is 13.0. The van der Waals surface area contributed by atoms with Crippen molar-refractivity contribution < 1.29 is 9.34 Å². The lowest BCUT2D eigenvalue weighted by atomic mass is 10.1. The largest absolute Gasteiger partial charge is 0.472 e. The van der Waals surface area contributed by atoms with Crippen molar-refractivity contribution in [3.05, 3.63) is 63.6 Å². The van der Waals surface area contributed by atoms with Crippen molar-refractivity contribution in [3.8, 4) is 0 Å². The van der Waals surface area contributed by atoms with Crippen molar-refractivity contribution >= 4 is 5.69 Å². The molecule has 0 atom stereocenters. The molecule has 1 aromatic heterocycles. The highest BCUT2D eigenvalue weighted by Crippen LogP contribution is 2.19. The third-order valence-corrected chi connectivity index (χ3v) is 2.71. The van der Waals surface area contributed by atoms with Crippen molar-refractivity contribution in [3.63, 3.8) is 0 Å². The van der Waals surface area contributed by atoms with E-state index in [1.54, 1.807) is 31.6 Å². The van der Waals surface area contributed by atoms with Crippen molar-refractivity contribution in [2.45, 2.75) is 20.0 Å². The normalized spacial score (nSPS) is 10.5. The average Bonchev–Trinajstić information content (AvgIpc) is 2.84. The van der Waals surface area contributed by atoms with Crippen molar-refractivity contribution in [1.82, 2.24) is 5.32 Å². The number of nitrogens with one attached hydrogen (secondary N) is 1. The predicted octanol–water partition coefficient (Wildman–Crippen LogP) is 2.79. The number of hydrogen-bond donors (Lipinski definition) is 1. The van der Waals surface area contributed by atoms with Crippen LogP contribution in [0.25, 0.3) is 0 Å². The number of furan rings is 1. The number of benzene rings is 1. The summed E-state index contributed by atoms with van der Waals surface area (Å²) < 4.78 is 4.95. The monoisotopic (exact) mass is 246 g/mol. The Morgan fingerprint density at radius 3 is 2.72 bits per heavy atom. The van der Waals surface area contributed by atoms with Crippen LogP contribution in [0.15, 0.2) is 41.2 Å². The fourth-order valence-electron chi connectivity index (χ4n) is 1.71. The quantitative estimate of drug-likeness (QED) is 0.650. The van der Waals surface area contributed by atoms with E-state index in [9.17, 15) is 10.1 Å². The van der Waals surface area contributed by atoms with Crippen LogP contribution in [0.4, 0.5) is 5.69 Å². The van der Waals surface area contributed by atoms with E-state index in [4.69, 9.17) is 4.42 Å². The first-order chi connectivity index (χ1) is 8.66. The third kappa shape index (κ3) is 2.95. The Balaban J connectivity index is 1.97. The van der Waals surface area contributed by atoms with Crippen LogP contribution in [-0.2, 0) is 13.1 Å². The fourth-order valence-corrected chi connectivity index (χ4v) is 1.71. The first-order valence-electron chi connectivity index (χ1n) is 5.62. The second-order valence-electron chi connectivity index (χ2n) is 4.11. The standard InChI is InChI=1S/C13H14N2O3/c1-10-2-3-11(6-13(10)15(16)17)7-14-8-12-4-5-18-9-12/h2-6,9,14H,7-8H2,1H3. The SMILES string of the molecule is Cc1ccc(CNCc2ccoc2)cc1[N+](=O)[O-]. The van der Waals surface area contributed by atoms with Gasteiger partial charge in [0.05, 0.1) is 17.4 Å². The van der Waals surface area contributed by atoms with E-state index in [1.807, 2.05) is 12.1 Å². The van der Waals surface area contributed by atoms with E-state index in [0.717, 1.165) is 11.1 Å². The highest BCUT2D eigenvalue weighted by Gasteiger charge is 2.10. The van der Waals surface area contributed by atoms with Gasteiger partial charge in [0.1, 0.15) is 0 Å². The summed E-state index contributed by atoms with van der Waals surface area (Å²) in [7, 11) is 0. The maximum absolute atomic E-state index is 10.8. The van der Waals surface area contributed by atoms with Gasteiger partial charge < -0.3 is 9.73 Å². The number of nitro benzene ring substituents is 1. The van der Waals surface area contributed by atoms with Gasteiger partial charge in [-0.1, -0.05) is 12.1 Å². The Hall–Kier alpha value is -2.14. The minimum Gasteiger partial charge on any atom is -0.472 e. The molecule has 2 rings (SSSR count). The Morgan fingerprint density at radius 2 is 2.06 bits per heavy atom. The van der Waals surface area contributed by atoms with Crippen LogP contribution in [-0.4, -0.2) is 4.92 Å². The van der Waals surface area contributed by atoms with E-state index in [2.05, 4.69) is 5.32 Å². The Kier molecular flexibility index (Phi) is 3.74. The second kappa shape index (κ2) is 5.46. The van der Waals surface area contributed by atoms with Gasteiger partial charge in [-0.2, -0.15) is 0 Å². The van der Waals surface area contributed by atoms with Gasteiger partial charge >= 0.3 is 0 Å². The summed E-state index contributed by atoms with van der Waals surface area (Å²) in [6, 6.07) is 7.15. The molecule has 0 saturated carbocycles. The Bertz CT molecular complexity index is 535. The van der Waals surface area contributed by atoms with E-state index < -0.39 is 0 Å². The summed E-state index contributed by atoms with van der Waals surface area (Å²) in [6.45, 7) is 3.01. The minimum absolute atomic E-state index is 0.164. The van der Waals surface area contributed by atoms with Gasteiger partial charge in [-0.3, -0.25) is 10.1 Å². The molecular formula is C13H14N2O3. The first-order valence-corrected chi connectivity index (χ1v) is 5.62. The Morgan fingerprint density at radius 1 is 1.28 bits per heavy atom. The molecule has 0 aliphatic carbocycles. The number of hydrogen-bond acceptors (Lipinski definition) is 4. The molecule has 0 fully saturated rings. The second-order valence-corrected chi connectivity index (χ2v) is 4.11. The highest BCUT2D eigenvalue weighted by molar-refractivity contribution is 5.42. The van der Waals surface area contributed by atoms with Gasteiger partial charge in [0.15, 0.2) is 0 Å². The van der Waals surface area contributed by atoms with Crippen LogP contribution < -0.4 is 5.32 Å².